The minimum atomic E-state index is 0.537. The fourth-order valence-corrected chi connectivity index (χ4v) is 2.00. The lowest BCUT2D eigenvalue weighted by Gasteiger charge is -2.05. The summed E-state index contributed by atoms with van der Waals surface area (Å²) in [7, 11) is 0. The van der Waals surface area contributed by atoms with Gasteiger partial charge < -0.3 is 5.73 Å². The molecule has 2 aromatic rings. The highest BCUT2D eigenvalue weighted by molar-refractivity contribution is 5.63. The summed E-state index contributed by atoms with van der Waals surface area (Å²) in [5.74, 6) is 0. The van der Waals surface area contributed by atoms with E-state index in [1.165, 1.54) is 24.0 Å². The number of rotatable bonds is 5. The van der Waals surface area contributed by atoms with Crippen LogP contribution in [0.5, 0.6) is 0 Å². The van der Waals surface area contributed by atoms with Crippen molar-refractivity contribution < 1.29 is 0 Å². The molecule has 0 aliphatic heterocycles. The normalized spacial score (nSPS) is 10.6. The molecule has 2 rings (SSSR count). The number of pyridine rings is 1. The van der Waals surface area contributed by atoms with Crippen LogP contribution in [-0.4, -0.2) is 4.98 Å². The summed E-state index contributed by atoms with van der Waals surface area (Å²) >= 11 is 0. The molecule has 1 aromatic carbocycles. The predicted molar refractivity (Wildman–Crippen MR) is 76.2 cm³/mol. The third-order valence-electron chi connectivity index (χ3n) is 3.14. The van der Waals surface area contributed by atoms with Gasteiger partial charge in [0.05, 0.1) is 0 Å². The van der Waals surface area contributed by atoms with E-state index in [4.69, 9.17) is 5.73 Å². The largest absolute Gasteiger partial charge is 0.326 e. The molecule has 0 unspecified atom stereocenters. The van der Waals surface area contributed by atoms with Crippen LogP contribution in [0.2, 0.25) is 0 Å². The fourth-order valence-electron chi connectivity index (χ4n) is 2.00. The van der Waals surface area contributed by atoms with Crippen LogP contribution in [0.1, 0.15) is 30.9 Å². The summed E-state index contributed by atoms with van der Waals surface area (Å²) in [4.78, 5) is 4.22. The van der Waals surface area contributed by atoms with Gasteiger partial charge in [0, 0.05) is 24.5 Å². The van der Waals surface area contributed by atoms with E-state index in [9.17, 15) is 0 Å². The first-order valence-corrected chi connectivity index (χ1v) is 6.56. The fraction of sp³-hybridized carbons (Fsp3) is 0.312. The Morgan fingerprint density at radius 2 is 1.78 bits per heavy atom. The Balaban J connectivity index is 2.17. The molecule has 0 bridgehead atoms. The van der Waals surface area contributed by atoms with Gasteiger partial charge in [-0.1, -0.05) is 37.6 Å². The summed E-state index contributed by atoms with van der Waals surface area (Å²) in [6.07, 6.45) is 7.37. The van der Waals surface area contributed by atoms with Crippen molar-refractivity contribution in [2.75, 3.05) is 0 Å². The van der Waals surface area contributed by atoms with Crippen molar-refractivity contribution in [2.24, 2.45) is 5.73 Å². The Labute approximate surface area is 109 Å². The molecule has 2 N–H and O–H groups in total. The Morgan fingerprint density at radius 3 is 2.44 bits per heavy atom. The third-order valence-corrected chi connectivity index (χ3v) is 3.14. The van der Waals surface area contributed by atoms with Crippen molar-refractivity contribution in [3.05, 3.63) is 53.9 Å². The van der Waals surface area contributed by atoms with E-state index >= 15 is 0 Å². The molecule has 0 fully saturated rings. The van der Waals surface area contributed by atoms with Crippen LogP contribution in [0.4, 0.5) is 0 Å². The highest BCUT2D eigenvalue weighted by atomic mass is 14.6. The molecule has 0 radical (unpaired) electrons. The van der Waals surface area contributed by atoms with Crippen LogP contribution in [0.15, 0.2) is 42.7 Å². The maximum Gasteiger partial charge on any atom is 0.0346 e. The first-order chi connectivity index (χ1) is 8.83. The highest BCUT2D eigenvalue weighted by Gasteiger charge is 2.00. The molecule has 0 amide bonds. The van der Waals surface area contributed by atoms with Gasteiger partial charge in [-0.2, -0.15) is 0 Å². The zero-order chi connectivity index (χ0) is 12.8. The van der Waals surface area contributed by atoms with Crippen molar-refractivity contribution in [3.63, 3.8) is 0 Å². The lowest BCUT2D eigenvalue weighted by molar-refractivity contribution is 0.795. The van der Waals surface area contributed by atoms with Gasteiger partial charge in [0.25, 0.3) is 0 Å². The minimum Gasteiger partial charge on any atom is -0.326 e. The highest BCUT2D eigenvalue weighted by Crippen LogP contribution is 2.20. The lowest BCUT2D eigenvalue weighted by atomic mass is 10.0. The number of nitrogens with two attached hydrogens (primary N) is 1. The first kappa shape index (κ1) is 12.8. The molecule has 0 aliphatic carbocycles. The van der Waals surface area contributed by atoms with Gasteiger partial charge in [-0.3, -0.25) is 4.98 Å². The zero-order valence-electron chi connectivity index (χ0n) is 10.9. The standard InChI is InChI=1S/C16H20N2/c1-2-3-4-13-5-7-15(8-6-13)16-9-14(10-17)11-18-12-16/h5-9,11-12H,2-4,10,17H2,1H3. The second-order valence-corrected chi connectivity index (χ2v) is 4.59. The van der Waals surface area contributed by atoms with Gasteiger partial charge >= 0.3 is 0 Å². The Kier molecular flexibility index (Phi) is 4.48. The molecule has 18 heavy (non-hydrogen) atoms. The number of hydrogen-bond donors (Lipinski definition) is 1. The number of aryl methyl sites for hydroxylation is 1. The van der Waals surface area contributed by atoms with E-state index in [0.717, 1.165) is 17.5 Å². The molecule has 2 nitrogen and oxygen atoms in total. The molecule has 0 spiro atoms. The molecule has 0 atom stereocenters. The Hall–Kier alpha value is -1.67. The monoisotopic (exact) mass is 240 g/mol. The molecule has 0 saturated heterocycles. The van der Waals surface area contributed by atoms with Gasteiger partial charge in [0.1, 0.15) is 0 Å². The number of nitrogens with zero attached hydrogens (tertiary/aromatic N) is 1. The van der Waals surface area contributed by atoms with E-state index in [-0.39, 0.29) is 0 Å². The Morgan fingerprint density at radius 1 is 1.00 bits per heavy atom. The molecule has 94 valence electrons. The number of benzene rings is 1. The summed E-state index contributed by atoms with van der Waals surface area (Å²) in [5.41, 5.74) is 10.5. The molecule has 0 aliphatic rings. The van der Waals surface area contributed by atoms with Crippen LogP contribution < -0.4 is 5.73 Å². The number of hydrogen-bond acceptors (Lipinski definition) is 2. The molecular weight excluding hydrogens is 220 g/mol. The van der Waals surface area contributed by atoms with Gasteiger partial charge in [-0.05, 0) is 35.6 Å². The van der Waals surface area contributed by atoms with Crippen molar-refractivity contribution in [2.45, 2.75) is 32.7 Å². The predicted octanol–water partition coefficient (Wildman–Crippen LogP) is 3.55. The van der Waals surface area contributed by atoms with Crippen LogP contribution in [0.25, 0.3) is 11.1 Å². The lowest BCUT2D eigenvalue weighted by Crippen LogP contribution is -1.97. The molecule has 1 heterocycles. The molecule has 2 heteroatoms. The van der Waals surface area contributed by atoms with E-state index in [2.05, 4.69) is 42.2 Å². The number of unbranched alkanes of at least 4 members (excludes halogenated alkanes) is 1. The van der Waals surface area contributed by atoms with Crippen molar-refractivity contribution in [3.8, 4) is 11.1 Å². The first-order valence-electron chi connectivity index (χ1n) is 6.56. The average molecular weight is 240 g/mol. The molecule has 1 aromatic heterocycles. The third kappa shape index (κ3) is 3.17. The van der Waals surface area contributed by atoms with Gasteiger partial charge in [0.15, 0.2) is 0 Å². The van der Waals surface area contributed by atoms with Crippen LogP contribution in [0.3, 0.4) is 0 Å². The summed E-state index contributed by atoms with van der Waals surface area (Å²) in [6.45, 7) is 2.76. The van der Waals surface area contributed by atoms with E-state index in [1.807, 2.05) is 12.4 Å². The number of aromatic nitrogens is 1. The molecule has 0 saturated carbocycles. The average Bonchev–Trinajstić information content (AvgIpc) is 2.46. The maximum absolute atomic E-state index is 5.64. The van der Waals surface area contributed by atoms with E-state index in [0.29, 0.717) is 6.54 Å². The summed E-state index contributed by atoms with van der Waals surface area (Å²) in [5, 5.41) is 0. The van der Waals surface area contributed by atoms with Crippen molar-refractivity contribution in [1.82, 2.24) is 4.98 Å². The second-order valence-electron chi connectivity index (χ2n) is 4.59. The second kappa shape index (κ2) is 6.31. The smallest absolute Gasteiger partial charge is 0.0346 e. The van der Waals surface area contributed by atoms with E-state index in [1.54, 1.807) is 0 Å². The van der Waals surface area contributed by atoms with Gasteiger partial charge in [0.2, 0.25) is 0 Å². The summed E-state index contributed by atoms with van der Waals surface area (Å²) < 4.78 is 0. The van der Waals surface area contributed by atoms with Crippen LogP contribution in [-0.2, 0) is 13.0 Å². The topological polar surface area (TPSA) is 38.9 Å². The maximum atomic E-state index is 5.64. The summed E-state index contributed by atoms with van der Waals surface area (Å²) in [6, 6.07) is 10.9. The van der Waals surface area contributed by atoms with Crippen LogP contribution in [0, 0.1) is 0 Å². The Bertz CT molecular complexity index is 489. The molecular formula is C16H20N2. The van der Waals surface area contributed by atoms with E-state index < -0.39 is 0 Å². The SMILES string of the molecule is CCCCc1ccc(-c2cncc(CN)c2)cc1. The van der Waals surface area contributed by atoms with Gasteiger partial charge in [-0.25, -0.2) is 0 Å². The quantitative estimate of drug-likeness (QED) is 0.868. The van der Waals surface area contributed by atoms with Gasteiger partial charge in [-0.15, -0.1) is 0 Å². The van der Waals surface area contributed by atoms with Crippen molar-refractivity contribution in [1.29, 1.82) is 0 Å². The van der Waals surface area contributed by atoms with Crippen LogP contribution >= 0.6 is 0 Å². The van der Waals surface area contributed by atoms with Crippen molar-refractivity contribution >= 4 is 0 Å². The minimum absolute atomic E-state index is 0.537. The zero-order valence-corrected chi connectivity index (χ0v) is 10.9.